The van der Waals surface area contributed by atoms with E-state index >= 15 is 0 Å². The van der Waals surface area contributed by atoms with Crippen LogP contribution in [0.15, 0.2) is 81.7 Å². The summed E-state index contributed by atoms with van der Waals surface area (Å²) < 4.78 is 13.4. The third-order valence-electron chi connectivity index (χ3n) is 7.26. The zero-order valence-corrected chi connectivity index (χ0v) is 24.2. The molecule has 4 aromatic rings. The Morgan fingerprint density at radius 2 is 1.77 bits per heavy atom. The van der Waals surface area contributed by atoms with Crippen LogP contribution in [0.4, 0.5) is 5.69 Å². The van der Waals surface area contributed by atoms with Crippen molar-refractivity contribution in [1.29, 1.82) is 0 Å². The lowest BCUT2D eigenvalue weighted by Gasteiger charge is -2.27. The first kappa shape index (κ1) is 27.4. The normalized spacial score (nSPS) is 15.1. The van der Waals surface area contributed by atoms with Gasteiger partial charge in [-0.05, 0) is 68.3 Å². The smallest absolute Gasteiger partial charge is 0.338 e. The molecule has 1 aliphatic heterocycles. The number of carbonyl (C=O) groups excluding carboxylic acids is 1. The highest BCUT2D eigenvalue weighted by molar-refractivity contribution is 7.07. The van der Waals surface area contributed by atoms with E-state index in [1.807, 2.05) is 54.6 Å². The molecular weight excluding hydrogens is 522 g/mol. The van der Waals surface area contributed by atoms with E-state index < -0.39 is 12.0 Å². The van der Waals surface area contributed by atoms with Crippen molar-refractivity contribution in [1.82, 2.24) is 4.57 Å². The molecule has 0 radical (unpaired) electrons. The van der Waals surface area contributed by atoms with E-state index in [-0.39, 0.29) is 12.2 Å². The van der Waals surface area contributed by atoms with Crippen molar-refractivity contribution < 1.29 is 14.3 Å². The van der Waals surface area contributed by atoms with Gasteiger partial charge in [0.15, 0.2) is 4.80 Å². The minimum atomic E-state index is -0.761. The summed E-state index contributed by atoms with van der Waals surface area (Å²) in [5.41, 5.74) is 3.43. The number of esters is 1. The molecule has 3 aromatic carbocycles. The SMILES string of the molecule is CCOC(=O)C1=C(C)N=c2s/c(=C/c3ccc(N(CC)CC)cc3)c(=O)n2[C@@H]1c1c(OC)ccc2ccccc12. The van der Waals surface area contributed by atoms with E-state index in [9.17, 15) is 9.59 Å². The summed E-state index contributed by atoms with van der Waals surface area (Å²) in [6, 6.07) is 19.2. The van der Waals surface area contributed by atoms with Crippen LogP contribution >= 0.6 is 11.3 Å². The van der Waals surface area contributed by atoms with Gasteiger partial charge in [0.05, 0.1) is 29.5 Å². The number of rotatable bonds is 8. The van der Waals surface area contributed by atoms with Gasteiger partial charge >= 0.3 is 5.97 Å². The highest BCUT2D eigenvalue weighted by Crippen LogP contribution is 2.40. The molecule has 0 fully saturated rings. The molecule has 2 heterocycles. The standard InChI is InChI=1S/C32H33N3O4S/c1-6-34(7-2)23-16-13-21(14-17-23)19-26-30(36)35-29(27(31(37)39-8-3)20(4)33-32(35)40-26)28-24-12-10-9-11-22(24)15-18-25(28)38-5/h9-19,29H,6-8H2,1-5H3/b26-19+/t29-/m0/s1. The zero-order valence-electron chi connectivity index (χ0n) is 23.4. The first-order valence-corrected chi connectivity index (χ1v) is 14.3. The fourth-order valence-corrected chi connectivity index (χ4v) is 6.37. The summed E-state index contributed by atoms with van der Waals surface area (Å²) in [7, 11) is 1.60. The average molecular weight is 556 g/mol. The summed E-state index contributed by atoms with van der Waals surface area (Å²) in [4.78, 5) is 35.0. The average Bonchev–Trinajstić information content (AvgIpc) is 3.27. The molecule has 7 nitrogen and oxygen atoms in total. The molecule has 0 spiro atoms. The molecule has 0 amide bonds. The van der Waals surface area contributed by atoms with Crippen LogP contribution in [0.5, 0.6) is 5.75 Å². The summed E-state index contributed by atoms with van der Waals surface area (Å²) in [5, 5.41) is 1.87. The Morgan fingerprint density at radius 1 is 1.05 bits per heavy atom. The number of aromatic nitrogens is 1. The zero-order chi connectivity index (χ0) is 28.4. The number of carbonyl (C=O) groups is 1. The lowest BCUT2D eigenvalue weighted by atomic mass is 9.90. The van der Waals surface area contributed by atoms with Crippen LogP contribution in [-0.2, 0) is 9.53 Å². The molecule has 1 atom stereocenters. The number of benzene rings is 3. The van der Waals surface area contributed by atoms with Gasteiger partial charge in [-0.3, -0.25) is 9.36 Å². The Morgan fingerprint density at radius 3 is 2.45 bits per heavy atom. The van der Waals surface area contributed by atoms with Gasteiger partial charge in [0.2, 0.25) is 0 Å². The summed E-state index contributed by atoms with van der Waals surface area (Å²) in [6.07, 6.45) is 1.89. The van der Waals surface area contributed by atoms with Gasteiger partial charge in [0, 0.05) is 24.3 Å². The van der Waals surface area contributed by atoms with Crippen LogP contribution < -0.4 is 24.5 Å². The van der Waals surface area contributed by atoms with Crippen molar-refractivity contribution in [3.05, 3.63) is 103 Å². The second-order valence-electron chi connectivity index (χ2n) is 9.47. The first-order valence-electron chi connectivity index (χ1n) is 13.5. The monoisotopic (exact) mass is 555 g/mol. The summed E-state index contributed by atoms with van der Waals surface area (Å²) in [5.74, 6) is 0.0896. The second kappa shape index (κ2) is 11.5. The van der Waals surface area contributed by atoms with E-state index in [1.54, 1.807) is 25.5 Å². The number of allylic oxidation sites excluding steroid dienone is 1. The third kappa shape index (κ3) is 4.84. The van der Waals surface area contributed by atoms with Crippen molar-refractivity contribution >= 4 is 39.8 Å². The molecule has 5 rings (SSSR count). The number of nitrogens with zero attached hydrogens (tertiary/aromatic N) is 3. The highest BCUT2D eigenvalue weighted by Gasteiger charge is 2.36. The maximum absolute atomic E-state index is 14.1. The van der Waals surface area contributed by atoms with Crippen molar-refractivity contribution in [3.8, 4) is 5.75 Å². The number of methoxy groups -OCH3 is 1. The molecule has 0 aliphatic carbocycles. The number of ether oxygens (including phenoxy) is 2. The quantitative estimate of drug-likeness (QED) is 0.292. The molecule has 8 heteroatoms. The lowest BCUT2D eigenvalue weighted by molar-refractivity contribution is -0.139. The second-order valence-corrected chi connectivity index (χ2v) is 10.5. The van der Waals surface area contributed by atoms with Crippen molar-refractivity contribution in [3.63, 3.8) is 0 Å². The highest BCUT2D eigenvalue weighted by atomic mass is 32.1. The molecule has 206 valence electrons. The van der Waals surface area contributed by atoms with Crippen LogP contribution in [-0.4, -0.2) is 37.3 Å². The van der Waals surface area contributed by atoms with Gasteiger partial charge in [-0.25, -0.2) is 9.79 Å². The van der Waals surface area contributed by atoms with Gasteiger partial charge in [0.25, 0.3) is 5.56 Å². The molecule has 0 bridgehead atoms. The Labute approximate surface area is 237 Å². The van der Waals surface area contributed by atoms with Crippen LogP contribution in [0, 0.1) is 0 Å². The maximum atomic E-state index is 14.1. The van der Waals surface area contributed by atoms with Crippen LogP contribution in [0.3, 0.4) is 0 Å². The number of hydrogen-bond acceptors (Lipinski definition) is 7. The van der Waals surface area contributed by atoms with Gasteiger partial charge in [-0.15, -0.1) is 0 Å². The minimum absolute atomic E-state index is 0.211. The Kier molecular flexibility index (Phi) is 7.89. The topological polar surface area (TPSA) is 73.1 Å². The van der Waals surface area contributed by atoms with Gasteiger partial charge in [0.1, 0.15) is 11.8 Å². The molecule has 0 unspecified atom stereocenters. The lowest BCUT2D eigenvalue weighted by Crippen LogP contribution is -2.40. The van der Waals surface area contributed by atoms with E-state index in [0.717, 1.165) is 40.7 Å². The number of thiazole rings is 1. The van der Waals surface area contributed by atoms with Crippen LogP contribution in [0.25, 0.3) is 16.8 Å². The van der Waals surface area contributed by atoms with E-state index in [4.69, 9.17) is 14.5 Å². The molecule has 0 saturated heterocycles. The van der Waals surface area contributed by atoms with E-state index in [1.165, 1.54) is 11.3 Å². The van der Waals surface area contributed by atoms with Gasteiger partial charge in [-0.1, -0.05) is 53.8 Å². The number of anilines is 1. The van der Waals surface area contributed by atoms with Crippen molar-refractivity contribution in [2.45, 2.75) is 33.7 Å². The molecule has 1 aromatic heterocycles. The fourth-order valence-electron chi connectivity index (χ4n) is 5.32. The van der Waals surface area contributed by atoms with E-state index in [2.05, 4.69) is 30.9 Å². The number of fused-ring (bicyclic) bond motifs is 2. The third-order valence-corrected chi connectivity index (χ3v) is 8.24. The van der Waals surface area contributed by atoms with Gasteiger partial charge < -0.3 is 14.4 Å². The fraction of sp³-hybridized carbons (Fsp3) is 0.281. The summed E-state index contributed by atoms with van der Waals surface area (Å²) in [6.45, 7) is 9.88. The predicted octanol–water partition coefficient (Wildman–Crippen LogP) is 4.81. The summed E-state index contributed by atoms with van der Waals surface area (Å²) >= 11 is 1.32. The Balaban J connectivity index is 1.75. The maximum Gasteiger partial charge on any atom is 0.338 e. The largest absolute Gasteiger partial charge is 0.496 e. The molecular formula is C32H33N3O4S. The van der Waals surface area contributed by atoms with Gasteiger partial charge in [-0.2, -0.15) is 0 Å². The Hall–Kier alpha value is -4.17. The van der Waals surface area contributed by atoms with Crippen LogP contribution in [0.2, 0.25) is 0 Å². The molecule has 0 saturated carbocycles. The van der Waals surface area contributed by atoms with Crippen LogP contribution in [0.1, 0.15) is 44.9 Å². The number of hydrogen-bond donors (Lipinski definition) is 0. The predicted molar refractivity (Wildman–Crippen MR) is 161 cm³/mol. The first-order chi connectivity index (χ1) is 19.4. The van der Waals surface area contributed by atoms with Crippen molar-refractivity contribution in [2.75, 3.05) is 31.7 Å². The molecule has 1 aliphatic rings. The molecule has 0 N–H and O–H groups in total. The van der Waals surface area contributed by atoms with E-state index in [0.29, 0.717) is 26.4 Å². The Bertz CT molecular complexity index is 1780. The molecule has 40 heavy (non-hydrogen) atoms. The van der Waals surface area contributed by atoms with Crippen molar-refractivity contribution in [2.24, 2.45) is 4.99 Å². The minimum Gasteiger partial charge on any atom is -0.496 e.